The van der Waals surface area contributed by atoms with Crippen molar-refractivity contribution in [1.29, 1.82) is 0 Å². The van der Waals surface area contributed by atoms with Gasteiger partial charge >= 0.3 is 0 Å². The molecule has 0 atom stereocenters. The zero-order valence-electron chi connectivity index (χ0n) is 12.5. The summed E-state index contributed by atoms with van der Waals surface area (Å²) in [6, 6.07) is 5.10. The first-order valence-corrected chi connectivity index (χ1v) is 7.67. The van der Waals surface area contributed by atoms with Crippen molar-refractivity contribution in [2.75, 3.05) is 25.6 Å². The monoisotopic (exact) mass is 354 g/mol. The fraction of sp³-hybridized carbons (Fsp3) is 0.267. The number of halogens is 2. The molecule has 2 aromatic rings. The summed E-state index contributed by atoms with van der Waals surface area (Å²) < 4.78 is 4.92. The Bertz CT molecular complexity index is 665. The van der Waals surface area contributed by atoms with E-state index in [1.54, 1.807) is 25.3 Å². The molecule has 0 aliphatic carbocycles. The molecule has 0 bridgehead atoms. The number of hydrogen-bond donors (Lipinski definition) is 2. The van der Waals surface area contributed by atoms with Crippen LogP contribution in [0.25, 0.3) is 0 Å². The van der Waals surface area contributed by atoms with Crippen molar-refractivity contribution in [3.05, 3.63) is 46.2 Å². The molecule has 0 saturated carbocycles. The fourth-order valence-corrected chi connectivity index (χ4v) is 2.03. The Labute approximate surface area is 144 Å². The molecule has 23 heavy (non-hydrogen) atoms. The van der Waals surface area contributed by atoms with Gasteiger partial charge in [0.05, 0.1) is 15.6 Å². The zero-order chi connectivity index (χ0) is 16.7. The summed E-state index contributed by atoms with van der Waals surface area (Å²) in [5, 5.41) is 6.65. The van der Waals surface area contributed by atoms with Gasteiger partial charge in [0.15, 0.2) is 0 Å². The Kier molecular flexibility index (Phi) is 6.58. The normalized spacial score (nSPS) is 10.4. The highest BCUT2D eigenvalue weighted by Gasteiger charge is 2.07. The van der Waals surface area contributed by atoms with Crippen LogP contribution < -0.4 is 10.6 Å². The molecule has 8 heteroatoms. The summed E-state index contributed by atoms with van der Waals surface area (Å²) in [6.45, 7) is 1.14. The molecule has 0 aliphatic rings. The van der Waals surface area contributed by atoms with Crippen LogP contribution in [0.5, 0.6) is 0 Å². The third kappa shape index (κ3) is 5.35. The molecule has 0 saturated heterocycles. The second-order valence-electron chi connectivity index (χ2n) is 4.65. The zero-order valence-corrected chi connectivity index (χ0v) is 14.0. The molecule has 1 aromatic heterocycles. The van der Waals surface area contributed by atoms with Crippen molar-refractivity contribution in [2.45, 2.75) is 6.42 Å². The minimum atomic E-state index is -0.220. The molecule has 0 fully saturated rings. The van der Waals surface area contributed by atoms with Gasteiger partial charge in [0.25, 0.3) is 5.91 Å². The van der Waals surface area contributed by atoms with Gasteiger partial charge in [-0.15, -0.1) is 0 Å². The van der Waals surface area contributed by atoms with Gasteiger partial charge in [-0.1, -0.05) is 23.2 Å². The lowest BCUT2D eigenvalue weighted by Crippen LogP contribution is -2.25. The van der Waals surface area contributed by atoms with Gasteiger partial charge in [0.1, 0.15) is 0 Å². The number of anilines is 2. The largest absolute Gasteiger partial charge is 0.385 e. The highest BCUT2D eigenvalue weighted by Crippen LogP contribution is 2.26. The predicted molar refractivity (Wildman–Crippen MR) is 90.6 cm³/mol. The number of hydrogen-bond acceptors (Lipinski definition) is 5. The maximum absolute atomic E-state index is 11.9. The Morgan fingerprint density at radius 2 is 1.96 bits per heavy atom. The molecule has 0 aliphatic heterocycles. The second-order valence-corrected chi connectivity index (χ2v) is 5.47. The third-order valence-electron chi connectivity index (χ3n) is 2.90. The van der Waals surface area contributed by atoms with Crippen molar-refractivity contribution < 1.29 is 9.53 Å². The summed E-state index contributed by atoms with van der Waals surface area (Å²) in [5.41, 5.74) is 1.10. The van der Waals surface area contributed by atoms with E-state index in [1.165, 1.54) is 12.4 Å². The molecule has 1 aromatic carbocycles. The van der Waals surface area contributed by atoms with Crippen LogP contribution in [0.4, 0.5) is 11.6 Å². The Morgan fingerprint density at radius 3 is 2.61 bits per heavy atom. The second kappa shape index (κ2) is 8.67. The van der Waals surface area contributed by atoms with E-state index >= 15 is 0 Å². The Morgan fingerprint density at radius 1 is 1.22 bits per heavy atom. The molecule has 0 spiro atoms. The lowest BCUT2D eigenvalue weighted by Gasteiger charge is -2.07. The van der Waals surface area contributed by atoms with Gasteiger partial charge in [-0.05, 0) is 24.6 Å². The topological polar surface area (TPSA) is 76.1 Å². The van der Waals surface area contributed by atoms with Gasteiger partial charge in [-0.2, -0.15) is 0 Å². The van der Waals surface area contributed by atoms with Crippen LogP contribution >= 0.6 is 23.2 Å². The number of methoxy groups -OCH3 is 1. The van der Waals surface area contributed by atoms with E-state index in [-0.39, 0.29) is 5.91 Å². The van der Waals surface area contributed by atoms with Crippen LogP contribution in [0, 0.1) is 0 Å². The van der Waals surface area contributed by atoms with E-state index in [0.717, 1.165) is 6.42 Å². The summed E-state index contributed by atoms with van der Waals surface area (Å²) in [6.07, 6.45) is 3.66. The average Bonchev–Trinajstić information content (AvgIpc) is 2.55. The Balaban J connectivity index is 1.93. The van der Waals surface area contributed by atoms with Gasteiger partial charge < -0.3 is 15.4 Å². The molecule has 0 unspecified atom stereocenters. The fourth-order valence-electron chi connectivity index (χ4n) is 1.73. The van der Waals surface area contributed by atoms with Gasteiger partial charge in [-0.3, -0.25) is 4.79 Å². The van der Waals surface area contributed by atoms with E-state index in [9.17, 15) is 4.79 Å². The molecule has 6 nitrogen and oxygen atoms in total. The lowest BCUT2D eigenvalue weighted by atomic mass is 10.3. The minimum Gasteiger partial charge on any atom is -0.385 e. The molecular formula is C15H16Cl2N4O2. The van der Waals surface area contributed by atoms with Crippen LogP contribution in [-0.4, -0.2) is 36.1 Å². The highest BCUT2D eigenvalue weighted by atomic mass is 35.5. The van der Waals surface area contributed by atoms with Crippen LogP contribution in [0.2, 0.25) is 10.0 Å². The summed E-state index contributed by atoms with van der Waals surface area (Å²) in [5.74, 6) is 0.140. The number of amides is 1. The first kappa shape index (κ1) is 17.5. The van der Waals surface area contributed by atoms with E-state index in [1.807, 2.05) is 0 Å². The number of carbonyl (C=O) groups excluding carboxylic acids is 1. The number of ether oxygens (including phenoxy) is 1. The van der Waals surface area contributed by atoms with E-state index < -0.39 is 0 Å². The lowest BCUT2D eigenvalue weighted by molar-refractivity contribution is 0.0948. The van der Waals surface area contributed by atoms with Crippen molar-refractivity contribution in [3.8, 4) is 0 Å². The SMILES string of the molecule is COCCCNC(=O)c1cnc(Nc2ccc(Cl)c(Cl)c2)nc1. The van der Waals surface area contributed by atoms with Crippen LogP contribution in [0.3, 0.4) is 0 Å². The van der Waals surface area contributed by atoms with Crippen molar-refractivity contribution in [3.63, 3.8) is 0 Å². The molecule has 2 rings (SSSR count). The highest BCUT2D eigenvalue weighted by molar-refractivity contribution is 6.42. The van der Waals surface area contributed by atoms with E-state index in [4.69, 9.17) is 27.9 Å². The molecular weight excluding hydrogens is 339 g/mol. The molecule has 122 valence electrons. The molecule has 1 amide bonds. The number of rotatable bonds is 7. The first-order valence-electron chi connectivity index (χ1n) is 6.91. The van der Waals surface area contributed by atoms with Gasteiger partial charge in [-0.25, -0.2) is 9.97 Å². The number of carbonyl (C=O) groups is 1. The summed E-state index contributed by atoms with van der Waals surface area (Å²) >= 11 is 11.8. The molecule has 1 heterocycles. The summed E-state index contributed by atoms with van der Waals surface area (Å²) in [4.78, 5) is 20.1. The van der Waals surface area contributed by atoms with Gasteiger partial charge in [0.2, 0.25) is 5.95 Å². The smallest absolute Gasteiger partial charge is 0.254 e. The Hall–Kier alpha value is -1.89. The number of benzene rings is 1. The predicted octanol–water partition coefficient (Wildman–Crippen LogP) is 3.29. The third-order valence-corrected chi connectivity index (χ3v) is 3.64. The molecule has 2 N–H and O–H groups in total. The standard InChI is InChI=1S/C15H16Cl2N4O2/c1-23-6-2-5-18-14(22)10-8-19-15(20-9-10)21-11-3-4-12(16)13(17)7-11/h3-4,7-9H,2,5-6H2,1H3,(H,18,22)(H,19,20,21). The average molecular weight is 355 g/mol. The summed E-state index contributed by atoms with van der Waals surface area (Å²) in [7, 11) is 1.62. The van der Waals surface area contributed by atoms with Crippen molar-refractivity contribution in [1.82, 2.24) is 15.3 Å². The molecule has 0 radical (unpaired) electrons. The van der Waals surface area contributed by atoms with E-state index in [2.05, 4.69) is 20.6 Å². The minimum absolute atomic E-state index is 0.220. The van der Waals surface area contributed by atoms with Crippen LogP contribution in [0.15, 0.2) is 30.6 Å². The maximum Gasteiger partial charge on any atom is 0.254 e. The quantitative estimate of drug-likeness (QED) is 0.746. The van der Waals surface area contributed by atoms with Crippen LogP contribution in [-0.2, 0) is 4.74 Å². The maximum atomic E-state index is 11.9. The number of aromatic nitrogens is 2. The van der Waals surface area contributed by atoms with E-state index in [0.29, 0.717) is 40.4 Å². The number of nitrogens with one attached hydrogen (secondary N) is 2. The first-order chi connectivity index (χ1) is 11.1. The van der Waals surface area contributed by atoms with Crippen molar-refractivity contribution in [2.24, 2.45) is 0 Å². The van der Waals surface area contributed by atoms with Gasteiger partial charge in [0, 0.05) is 38.3 Å². The van der Waals surface area contributed by atoms with Crippen LogP contribution in [0.1, 0.15) is 16.8 Å². The van der Waals surface area contributed by atoms with Crippen molar-refractivity contribution >= 4 is 40.7 Å². The number of nitrogens with zero attached hydrogens (tertiary/aromatic N) is 2.